The van der Waals surface area contributed by atoms with Gasteiger partial charge in [0.05, 0.1) is 9.82 Å². The van der Waals surface area contributed by atoms with Crippen LogP contribution in [0, 0.1) is 10.1 Å². The first-order chi connectivity index (χ1) is 8.86. The van der Waals surface area contributed by atoms with E-state index in [1.807, 2.05) is 0 Å². The van der Waals surface area contributed by atoms with E-state index < -0.39 is 31.6 Å². The van der Waals surface area contributed by atoms with Crippen LogP contribution in [-0.2, 0) is 14.8 Å². The fourth-order valence-corrected chi connectivity index (χ4v) is 2.03. The van der Waals surface area contributed by atoms with Gasteiger partial charge in [-0.1, -0.05) is 18.7 Å². The van der Waals surface area contributed by atoms with Crippen LogP contribution in [0.15, 0.2) is 41.8 Å². The van der Waals surface area contributed by atoms with Crippen LogP contribution in [0.1, 0.15) is 0 Å². The Morgan fingerprint density at radius 2 is 2.21 bits per heavy atom. The summed E-state index contributed by atoms with van der Waals surface area (Å²) in [6, 6.07) is 4.29. The Morgan fingerprint density at radius 3 is 2.79 bits per heavy atom. The Balaban J connectivity index is 2.94. The average Bonchev–Trinajstić information content (AvgIpc) is 2.36. The molecule has 0 bridgehead atoms. The van der Waals surface area contributed by atoms with Crippen molar-refractivity contribution in [2.45, 2.75) is 4.90 Å². The van der Waals surface area contributed by atoms with E-state index in [-0.39, 0.29) is 6.61 Å². The molecule has 0 spiro atoms. The number of carbonyl (C=O) groups excluding carboxylic acids is 1. The van der Waals surface area contributed by atoms with Crippen LogP contribution in [0.4, 0.5) is 10.5 Å². The highest BCUT2D eigenvalue weighted by molar-refractivity contribution is 7.90. The Morgan fingerprint density at radius 1 is 1.53 bits per heavy atom. The van der Waals surface area contributed by atoms with Crippen molar-refractivity contribution in [1.82, 2.24) is 4.72 Å². The number of non-ortho nitro benzene ring substituents is 1. The third-order valence-electron chi connectivity index (χ3n) is 1.89. The van der Waals surface area contributed by atoms with Crippen molar-refractivity contribution in [3.05, 3.63) is 47.0 Å². The molecule has 1 N–H and O–H groups in total. The Bertz CT molecular complexity index is 610. The number of nitro benzene ring substituents is 1. The first-order valence-electron chi connectivity index (χ1n) is 4.92. The number of benzene rings is 1. The van der Waals surface area contributed by atoms with Gasteiger partial charge in [-0.15, -0.1) is 0 Å². The lowest BCUT2D eigenvalue weighted by Gasteiger charge is -2.06. The molecule has 0 saturated carbocycles. The molecule has 9 heteroatoms. The molecule has 0 aliphatic rings. The molecular weight excluding hydrogens is 276 g/mol. The molecule has 0 unspecified atom stereocenters. The number of amides is 1. The minimum absolute atomic E-state index is 0.156. The van der Waals surface area contributed by atoms with Gasteiger partial charge < -0.3 is 4.74 Å². The average molecular weight is 286 g/mol. The largest absolute Gasteiger partial charge is 0.445 e. The van der Waals surface area contributed by atoms with Crippen LogP contribution >= 0.6 is 0 Å². The molecule has 0 saturated heterocycles. The predicted octanol–water partition coefficient (Wildman–Crippen LogP) is 1.20. The zero-order valence-electron chi connectivity index (χ0n) is 9.61. The summed E-state index contributed by atoms with van der Waals surface area (Å²) in [5.74, 6) is 0. The van der Waals surface area contributed by atoms with Crippen molar-refractivity contribution in [3.8, 4) is 0 Å². The highest BCUT2D eigenvalue weighted by Gasteiger charge is 2.20. The lowest BCUT2D eigenvalue weighted by atomic mass is 10.3. The molecule has 1 rings (SSSR count). The molecule has 0 atom stereocenters. The van der Waals surface area contributed by atoms with Gasteiger partial charge in [-0.25, -0.2) is 17.9 Å². The molecule has 1 amide bonds. The van der Waals surface area contributed by atoms with Crippen molar-refractivity contribution in [1.29, 1.82) is 0 Å². The van der Waals surface area contributed by atoms with Crippen molar-refractivity contribution in [2.75, 3.05) is 6.61 Å². The Kier molecular flexibility index (Phi) is 4.59. The fraction of sp³-hybridized carbons (Fsp3) is 0.100. The van der Waals surface area contributed by atoms with E-state index in [9.17, 15) is 23.3 Å². The third kappa shape index (κ3) is 4.07. The number of nitro groups is 1. The molecule has 0 aliphatic heterocycles. The van der Waals surface area contributed by atoms with E-state index in [4.69, 9.17) is 0 Å². The highest BCUT2D eigenvalue weighted by Crippen LogP contribution is 2.17. The van der Waals surface area contributed by atoms with Gasteiger partial charge in [0.25, 0.3) is 15.7 Å². The quantitative estimate of drug-likeness (QED) is 0.494. The monoisotopic (exact) mass is 286 g/mol. The lowest BCUT2D eigenvalue weighted by molar-refractivity contribution is -0.385. The normalized spacial score (nSPS) is 10.5. The fourth-order valence-electron chi connectivity index (χ4n) is 1.10. The summed E-state index contributed by atoms with van der Waals surface area (Å²) < 4.78 is 29.5. The second-order valence-corrected chi connectivity index (χ2v) is 4.93. The molecule has 8 nitrogen and oxygen atoms in total. The van der Waals surface area contributed by atoms with E-state index in [0.717, 1.165) is 18.2 Å². The zero-order chi connectivity index (χ0) is 14.5. The van der Waals surface area contributed by atoms with Crippen molar-refractivity contribution >= 4 is 21.8 Å². The molecule has 0 radical (unpaired) electrons. The van der Waals surface area contributed by atoms with E-state index in [1.54, 1.807) is 4.72 Å². The summed E-state index contributed by atoms with van der Waals surface area (Å²) >= 11 is 0. The molecule has 1 aromatic carbocycles. The molecular formula is C10H10N2O6S. The minimum atomic E-state index is -4.21. The van der Waals surface area contributed by atoms with Gasteiger partial charge in [0.2, 0.25) is 0 Å². The van der Waals surface area contributed by atoms with Gasteiger partial charge in [0.15, 0.2) is 0 Å². The topological polar surface area (TPSA) is 116 Å². The zero-order valence-corrected chi connectivity index (χ0v) is 10.4. The molecule has 0 aliphatic carbocycles. The number of sulfonamides is 1. The standard InChI is InChI=1S/C10H10N2O6S/c1-2-6-18-10(13)11-19(16,17)9-5-3-4-8(7-9)12(14)15/h2-5,7H,1,6H2,(H,11,13). The third-order valence-corrected chi connectivity index (χ3v) is 3.20. The van der Waals surface area contributed by atoms with Crippen LogP contribution < -0.4 is 4.72 Å². The Labute approximate surface area is 108 Å². The SMILES string of the molecule is C=CCOC(=O)NS(=O)(=O)c1cccc([N+](=O)[O-])c1. The number of carbonyl (C=O) groups is 1. The van der Waals surface area contributed by atoms with Gasteiger partial charge in [0, 0.05) is 12.1 Å². The summed E-state index contributed by atoms with van der Waals surface area (Å²) in [5.41, 5.74) is -0.401. The highest BCUT2D eigenvalue weighted by atomic mass is 32.2. The molecule has 102 valence electrons. The summed E-state index contributed by atoms with van der Waals surface area (Å²) in [6.45, 7) is 3.13. The first kappa shape index (κ1) is 14.6. The first-order valence-corrected chi connectivity index (χ1v) is 6.40. The number of rotatable bonds is 5. The molecule has 0 aromatic heterocycles. The maximum atomic E-state index is 11.7. The molecule has 0 fully saturated rings. The number of nitrogens with zero attached hydrogens (tertiary/aromatic N) is 1. The smallest absolute Gasteiger partial charge is 0.421 e. The van der Waals surface area contributed by atoms with Gasteiger partial charge in [0.1, 0.15) is 6.61 Å². The van der Waals surface area contributed by atoms with Crippen molar-refractivity contribution in [3.63, 3.8) is 0 Å². The Hall–Kier alpha value is -2.42. The number of ether oxygens (including phenoxy) is 1. The minimum Gasteiger partial charge on any atom is -0.445 e. The van der Waals surface area contributed by atoms with E-state index >= 15 is 0 Å². The summed E-state index contributed by atoms with van der Waals surface area (Å²) in [6.07, 6.45) is 0.0749. The summed E-state index contributed by atoms with van der Waals surface area (Å²) in [5, 5.41) is 10.5. The maximum Gasteiger partial charge on any atom is 0.421 e. The van der Waals surface area contributed by atoms with Crippen LogP contribution in [0.25, 0.3) is 0 Å². The number of hydrogen-bond donors (Lipinski definition) is 1. The van der Waals surface area contributed by atoms with E-state index in [2.05, 4.69) is 11.3 Å². The van der Waals surface area contributed by atoms with Gasteiger partial charge in [-0.2, -0.15) is 0 Å². The van der Waals surface area contributed by atoms with Crippen molar-refractivity contribution in [2.24, 2.45) is 0 Å². The maximum absolute atomic E-state index is 11.7. The van der Waals surface area contributed by atoms with Gasteiger partial charge in [-0.05, 0) is 6.07 Å². The van der Waals surface area contributed by atoms with Gasteiger partial charge >= 0.3 is 6.09 Å². The van der Waals surface area contributed by atoms with Crippen LogP contribution in [-0.4, -0.2) is 26.0 Å². The molecule has 19 heavy (non-hydrogen) atoms. The van der Waals surface area contributed by atoms with E-state index in [1.165, 1.54) is 12.1 Å². The van der Waals surface area contributed by atoms with Gasteiger partial charge in [-0.3, -0.25) is 10.1 Å². The molecule has 0 heterocycles. The predicted molar refractivity (Wildman–Crippen MR) is 65.0 cm³/mol. The lowest BCUT2D eigenvalue weighted by Crippen LogP contribution is -2.31. The van der Waals surface area contributed by atoms with Crippen LogP contribution in [0.3, 0.4) is 0 Å². The molecule has 1 aromatic rings. The van der Waals surface area contributed by atoms with E-state index in [0.29, 0.717) is 0 Å². The van der Waals surface area contributed by atoms with Crippen molar-refractivity contribution < 1.29 is 22.9 Å². The second kappa shape index (κ2) is 5.96. The second-order valence-electron chi connectivity index (χ2n) is 3.25. The summed E-state index contributed by atoms with van der Waals surface area (Å²) in [7, 11) is -4.21. The number of hydrogen-bond acceptors (Lipinski definition) is 6. The number of nitrogens with one attached hydrogen (secondary N) is 1. The van der Waals surface area contributed by atoms with Crippen LogP contribution in [0.2, 0.25) is 0 Å². The summed E-state index contributed by atoms with van der Waals surface area (Å²) in [4.78, 5) is 20.5. The van der Waals surface area contributed by atoms with Crippen LogP contribution in [0.5, 0.6) is 0 Å².